The number of amides is 2. The molecule has 3 fully saturated rings. The van der Waals surface area contributed by atoms with Gasteiger partial charge in [0.1, 0.15) is 22.4 Å². The number of nitrogens with zero attached hydrogens (tertiary/aromatic N) is 4. The van der Waals surface area contributed by atoms with E-state index < -0.39 is 51.6 Å². The zero-order chi connectivity index (χ0) is 26.6. The molecule has 2 unspecified atom stereocenters. The zero-order valence-corrected chi connectivity index (χ0v) is 20.8. The molecule has 3 aliphatic rings. The normalized spacial score (nSPS) is 23.3. The van der Waals surface area contributed by atoms with Crippen molar-refractivity contribution in [3.63, 3.8) is 0 Å². The number of halogens is 5. The van der Waals surface area contributed by atoms with Crippen molar-refractivity contribution in [3.8, 4) is 6.07 Å². The van der Waals surface area contributed by atoms with E-state index in [4.69, 9.17) is 11.6 Å². The maximum absolute atomic E-state index is 14.7. The molecule has 2 amide bonds. The third kappa shape index (κ3) is 4.86. The van der Waals surface area contributed by atoms with Crippen LogP contribution in [-0.2, 0) is 21.2 Å². The number of hydrogen-bond donors (Lipinski definition) is 1. The van der Waals surface area contributed by atoms with Gasteiger partial charge in [0.15, 0.2) is 0 Å². The molecule has 3 heterocycles. The molecule has 2 aliphatic carbocycles. The third-order valence-corrected chi connectivity index (χ3v) is 8.36. The lowest BCUT2D eigenvalue weighted by Crippen LogP contribution is -2.51. The Kier molecular flexibility index (Phi) is 6.35. The highest BCUT2D eigenvalue weighted by Gasteiger charge is 2.59. The van der Waals surface area contributed by atoms with E-state index in [1.54, 1.807) is 0 Å². The summed E-state index contributed by atoms with van der Waals surface area (Å²) in [5.74, 6) is -1.83. The maximum Gasteiger partial charge on any atom is 0.419 e. The van der Waals surface area contributed by atoms with Gasteiger partial charge in [-0.05, 0) is 50.3 Å². The number of rotatable bonds is 6. The highest BCUT2D eigenvalue weighted by molar-refractivity contribution is 8.00. The summed E-state index contributed by atoms with van der Waals surface area (Å²) in [6.07, 6.45) is -0.531. The van der Waals surface area contributed by atoms with Crippen molar-refractivity contribution in [2.75, 3.05) is 6.54 Å². The summed E-state index contributed by atoms with van der Waals surface area (Å²) in [6, 6.07) is 4.20. The monoisotopic (exact) mass is 553 g/mol. The molecule has 2 aromatic rings. The van der Waals surface area contributed by atoms with E-state index in [0.29, 0.717) is 25.7 Å². The number of likely N-dealkylation sites (tertiary alicyclic amines) is 1. The van der Waals surface area contributed by atoms with Gasteiger partial charge >= 0.3 is 6.18 Å². The third-order valence-electron chi connectivity index (χ3n) is 6.93. The first-order valence-electron chi connectivity index (χ1n) is 11.5. The van der Waals surface area contributed by atoms with E-state index in [9.17, 15) is 32.4 Å². The summed E-state index contributed by atoms with van der Waals surface area (Å²) in [4.78, 5) is 36.2. The van der Waals surface area contributed by atoms with Gasteiger partial charge in [0.2, 0.25) is 11.8 Å². The van der Waals surface area contributed by atoms with Crippen LogP contribution in [0.2, 0.25) is 5.02 Å². The molecule has 2 aromatic heterocycles. The van der Waals surface area contributed by atoms with Gasteiger partial charge in [-0.2, -0.15) is 18.4 Å². The second-order valence-electron chi connectivity index (χ2n) is 9.55. The summed E-state index contributed by atoms with van der Waals surface area (Å²) in [7, 11) is 0. The number of nitriles is 1. The predicted molar refractivity (Wildman–Crippen MR) is 125 cm³/mol. The molecule has 0 bridgehead atoms. The number of hydrogen-bond acceptors (Lipinski definition) is 6. The molecule has 2 saturated carbocycles. The van der Waals surface area contributed by atoms with Gasteiger partial charge in [-0.3, -0.25) is 14.6 Å². The van der Waals surface area contributed by atoms with Crippen LogP contribution in [0, 0.1) is 17.1 Å². The van der Waals surface area contributed by atoms with E-state index >= 15 is 0 Å². The van der Waals surface area contributed by atoms with E-state index in [-0.39, 0.29) is 28.7 Å². The second kappa shape index (κ2) is 9.13. The zero-order valence-electron chi connectivity index (χ0n) is 19.2. The molecule has 0 spiro atoms. The number of nitrogens with one attached hydrogen (secondary N) is 1. The number of carbonyl (C=O) groups excluding carboxylic acids is 2. The lowest BCUT2D eigenvalue weighted by Gasteiger charge is -2.28. The first-order chi connectivity index (χ1) is 17.5. The van der Waals surface area contributed by atoms with Gasteiger partial charge in [-0.1, -0.05) is 11.6 Å². The lowest BCUT2D eigenvalue weighted by molar-refractivity contribution is -0.140. The van der Waals surface area contributed by atoms with Crippen molar-refractivity contribution in [1.82, 2.24) is 20.2 Å². The van der Waals surface area contributed by atoms with E-state index in [2.05, 4.69) is 21.4 Å². The minimum absolute atomic E-state index is 0.0459. The molecule has 194 valence electrons. The molecule has 0 radical (unpaired) electrons. The predicted octanol–water partition coefficient (Wildman–Crippen LogP) is 4.25. The van der Waals surface area contributed by atoms with Crippen molar-refractivity contribution in [2.24, 2.45) is 0 Å². The second-order valence-corrected chi connectivity index (χ2v) is 11.3. The maximum atomic E-state index is 14.7. The average molecular weight is 554 g/mol. The summed E-state index contributed by atoms with van der Waals surface area (Å²) in [5, 5.41) is 11.3. The fourth-order valence-electron chi connectivity index (χ4n) is 4.64. The minimum Gasteiger partial charge on any atom is -0.336 e. The lowest BCUT2D eigenvalue weighted by atomic mass is 9.98. The van der Waals surface area contributed by atoms with E-state index in [1.807, 2.05) is 0 Å². The van der Waals surface area contributed by atoms with Crippen LogP contribution in [0.4, 0.5) is 17.6 Å². The van der Waals surface area contributed by atoms with Crippen molar-refractivity contribution in [3.05, 3.63) is 52.7 Å². The van der Waals surface area contributed by atoms with Crippen molar-refractivity contribution >= 4 is 35.2 Å². The summed E-state index contributed by atoms with van der Waals surface area (Å²) >= 11 is 6.66. The first-order valence-corrected chi connectivity index (χ1v) is 12.8. The highest BCUT2D eigenvalue weighted by Crippen LogP contribution is 2.51. The Hall–Kier alpha value is -2.91. The Balaban J connectivity index is 1.44. The Morgan fingerprint density at radius 2 is 1.97 bits per heavy atom. The van der Waals surface area contributed by atoms with E-state index in [1.165, 1.54) is 23.4 Å². The van der Waals surface area contributed by atoms with Crippen LogP contribution in [-0.4, -0.2) is 50.1 Å². The Bertz CT molecular complexity index is 1310. The van der Waals surface area contributed by atoms with Gasteiger partial charge in [0.25, 0.3) is 0 Å². The van der Waals surface area contributed by atoms with Gasteiger partial charge in [-0.15, -0.1) is 11.8 Å². The molecule has 1 saturated heterocycles. The molecule has 0 aromatic carbocycles. The summed E-state index contributed by atoms with van der Waals surface area (Å²) < 4.78 is 55.3. The van der Waals surface area contributed by atoms with Crippen LogP contribution in [0.15, 0.2) is 35.6 Å². The Morgan fingerprint density at radius 3 is 2.57 bits per heavy atom. The quantitative estimate of drug-likeness (QED) is 0.537. The molecule has 37 heavy (non-hydrogen) atoms. The number of thioether (sulfide) groups is 1. The number of carbonyl (C=O) groups is 2. The van der Waals surface area contributed by atoms with Gasteiger partial charge in [-0.25, -0.2) is 9.37 Å². The van der Waals surface area contributed by atoms with Gasteiger partial charge < -0.3 is 10.2 Å². The van der Waals surface area contributed by atoms with Crippen LogP contribution in [0.5, 0.6) is 0 Å². The molecule has 5 rings (SSSR count). The van der Waals surface area contributed by atoms with Crippen molar-refractivity contribution < 1.29 is 27.2 Å². The Labute approximate surface area is 218 Å². The van der Waals surface area contributed by atoms with Crippen LogP contribution >= 0.6 is 23.4 Å². The van der Waals surface area contributed by atoms with Crippen molar-refractivity contribution in [2.45, 2.75) is 65.6 Å². The molecular weight excluding hydrogens is 534 g/mol. The molecule has 1 aliphatic heterocycles. The molecule has 7 nitrogen and oxygen atoms in total. The van der Waals surface area contributed by atoms with Crippen LogP contribution < -0.4 is 5.32 Å². The van der Waals surface area contributed by atoms with Gasteiger partial charge in [0.05, 0.1) is 27.8 Å². The topological polar surface area (TPSA) is 99.0 Å². The fraction of sp³-hybridized carbons (Fsp3) is 0.458. The largest absolute Gasteiger partial charge is 0.419 e. The SMILES string of the molecule is N#CC1(NC(=O)C2CC(Sc3ncccc3C(F)(F)F)CN2C(=O)C2(c3ncc(Cl)cc3F)CC2)CC1. The van der Waals surface area contributed by atoms with Crippen LogP contribution in [0.25, 0.3) is 0 Å². The minimum atomic E-state index is -4.62. The van der Waals surface area contributed by atoms with E-state index in [0.717, 1.165) is 23.9 Å². The Morgan fingerprint density at radius 1 is 1.24 bits per heavy atom. The first kappa shape index (κ1) is 25.7. The fourth-order valence-corrected chi connectivity index (χ4v) is 6.05. The van der Waals surface area contributed by atoms with Crippen molar-refractivity contribution in [1.29, 1.82) is 5.26 Å². The smallest absolute Gasteiger partial charge is 0.336 e. The number of pyridine rings is 2. The number of aromatic nitrogens is 2. The molecular formula is C24H20ClF4N5O2S. The number of alkyl halides is 3. The molecule has 13 heteroatoms. The average Bonchev–Trinajstić information content (AvgIpc) is 3.76. The standard InChI is InChI=1S/C24H20ClF4N5O2S/c25-13-8-16(26)18(32-10-13)23(5-6-23)21(36)34-11-14(9-17(34)19(35)33-22(12-30)3-4-22)37-20-15(24(27,28)29)2-1-7-31-20/h1-2,7-8,10,14,17H,3-6,9,11H2,(H,33,35). The van der Waals surface area contributed by atoms with Gasteiger partial charge in [0, 0.05) is 24.2 Å². The summed E-state index contributed by atoms with van der Waals surface area (Å²) in [6.45, 7) is -0.0496. The molecule has 2 atom stereocenters. The molecule has 1 N–H and O–H groups in total. The van der Waals surface area contributed by atoms with Crippen LogP contribution in [0.1, 0.15) is 43.4 Å². The highest BCUT2D eigenvalue weighted by atomic mass is 35.5. The van der Waals surface area contributed by atoms with Crippen LogP contribution in [0.3, 0.4) is 0 Å². The summed E-state index contributed by atoms with van der Waals surface area (Å²) in [5.41, 5.74) is -3.25.